The molecule has 1 saturated heterocycles. The van der Waals surface area contributed by atoms with Gasteiger partial charge in [-0.05, 0) is 54.7 Å². The Morgan fingerprint density at radius 1 is 1.03 bits per heavy atom. The van der Waals surface area contributed by atoms with E-state index in [4.69, 9.17) is 0 Å². The number of carbonyl (C=O) groups is 2. The summed E-state index contributed by atoms with van der Waals surface area (Å²) < 4.78 is 13.3. The van der Waals surface area contributed by atoms with Crippen LogP contribution in [-0.2, 0) is 9.59 Å². The van der Waals surface area contributed by atoms with Crippen LogP contribution in [0, 0.1) is 11.2 Å². The molecule has 1 atom stereocenters. The van der Waals surface area contributed by atoms with Crippen molar-refractivity contribution in [1.29, 1.82) is 0 Å². The molecule has 2 aromatic rings. The summed E-state index contributed by atoms with van der Waals surface area (Å²) in [6.07, 6.45) is 2.08. The molecule has 0 saturated carbocycles. The smallest absolute Gasteiger partial charge is 0.242 e. The van der Waals surface area contributed by atoms with Gasteiger partial charge in [-0.1, -0.05) is 32.9 Å². The fourth-order valence-electron chi connectivity index (χ4n) is 5.88. The fourth-order valence-corrected chi connectivity index (χ4v) is 5.88. The van der Waals surface area contributed by atoms with Crippen molar-refractivity contribution in [1.82, 2.24) is 4.90 Å². The van der Waals surface area contributed by atoms with Crippen molar-refractivity contribution in [3.05, 3.63) is 65.6 Å². The summed E-state index contributed by atoms with van der Waals surface area (Å²) in [4.78, 5) is 33.2. The standard InChI is InChI=1S/C29H35FN4O2/c1-4-24-28-23(17-29(2,3)18-26(28)35)31-22-7-5-6-8-25(22)34(24)19-27(36)33-15-13-32(14-16-33)21-11-9-20(30)10-12-21/h5-12,24,31H,4,13-19H2,1-3H3. The van der Waals surface area contributed by atoms with Gasteiger partial charge in [0, 0.05) is 49.6 Å². The minimum atomic E-state index is -0.247. The molecule has 7 heteroatoms. The number of piperazine rings is 1. The highest BCUT2D eigenvalue weighted by Gasteiger charge is 2.40. The third kappa shape index (κ3) is 4.71. The second-order valence-corrected chi connectivity index (χ2v) is 10.9. The predicted octanol–water partition coefficient (Wildman–Crippen LogP) is 4.83. The highest BCUT2D eigenvalue weighted by molar-refractivity contribution is 6.01. The minimum Gasteiger partial charge on any atom is -0.368 e. The van der Waals surface area contributed by atoms with Gasteiger partial charge in [0.05, 0.1) is 24.0 Å². The fraction of sp³-hybridized carbons (Fsp3) is 0.448. The molecule has 1 unspecified atom stereocenters. The molecule has 1 amide bonds. The second-order valence-electron chi connectivity index (χ2n) is 10.9. The van der Waals surface area contributed by atoms with Crippen molar-refractivity contribution in [3.8, 4) is 0 Å². The van der Waals surface area contributed by atoms with Gasteiger partial charge in [0.25, 0.3) is 0 Å². The Morgan fingerprint density at radius 2 is 1.72 bits per heavy atom. The molecule has 190 valence electrons. The quantitative estimate of drug-likeness (QED) is 0.666. The van der Waals surface area contributed by atoms with E-state index >= 15 is 0 Å². The molecule has 0 bridgehead atoms. The molecule has 1 aliphatic carbocycles. The molecule has 0 radical (unpaired) electrons. The van der Waals surface area contributed by atoms with Crippen molar-refractivity contribution in [2.45, 2.75) is 46.1 Å². The van der Waals surface area contributed by atoms with Crippen molar-refractivity contribution < 1.29 is 14.0 Å². The minimum absolute atomic E-state index is 0.0645. The van der Waals surface area contributed by atoms with Gasteiger partial charge in [-0.2, -0.15) is 0 Å². The van der Waals surface area contributed by atoms with Crippen LogP contribution in [0.1, 0.15) is 40.0 Å². The van der Waals surface area contributed by atoms with Gasteiger partial charge in [0.15, 0.2) is 5.78 Å². The molecule has 2 aromatic carbocycles. The first-order valence-electron chi connectivity index (χ1n) is 12.9. The average Bonchev–Trinajstić information content (AvgIpc) is 2.98. The molecule has 3 aliphatic rings. The average molecular weight is 491 g/mol. The van der Waals surface area contributed by atoms with E-state index in [1.807, 2.05) is 29.2 Å². The number of hydrogen-bond donors (Lipinski definition) is 1. The highest BCUT2D eigenvalue weighted by atomic mass is 19.1. The molecule has 0 spiro atoms. The van der Waals surface area contributed by atoms with Gasteiger partial charge in [-0.25, -0.2) is 4.39 Å². The highest BCUT2D eigenvalue weighted by Crippen LogP contribution is 2.44. The zero-order valence-corrected chi connectivity index (χ0v) is 21.4. The summed E-state index contributed by atoms with van der Waals surface area (Å²) >= 11 is 0. The number of para-hydroxylation sites is 2. The number of benzene rings is 2. The number of halogens is 1. The van der Waals surface area contributed by atoms with E-state index < -0.39 is 0 Å². The molecule has 36 heavy (non-hydrogen) atoms. The van der Waals surface area contributed by atoms with E-state index in [0.29, 0.717) is 32.6 Å². The number of Topliss-reactive ketones (excluding diaryl/α,β-unsaturated/α-hetero) is 1. The van der Waals surface area contributed by atoms with Gasteiger partial charge in [0.2, 0.25) is 5.91 Å². The number of fused-ring (bicyclic) bond motifs is 1. The van der Waals surface area contributed by atoms with E-state index in [1.165, 1.54) is 12.1 Å². The first-order valence-corrected chi connectivity index (χ1v) is 12.9. The Balaban J connectivity index is 1.37. The number of carbonyl (C=O) groups excluding carboxylic acids is 2. The summed E-state index contributed by atoms with van der Waals surface area (Å²) in [5, 5.41) is 3.58. The second kappa shape index (κ2) is 9.60. The summed E-state index contributed by atoms with van der Waals surface area (Å²) in [6.45, 7) is 9.23. The first kappa shape index (κ1) is 24.3. The van der Waals surface area contributed by atoms with Crippen LogP contribution < -0.4 is 15.1 Å². The van der Waals surface area contributed by atoms with Gasteiger partial charge in [-0.3, -0.25) is 9.59 Å². The maximum atomic E-state index is 13.6. The van der Waals surface area contributed by atoms with Crippen molar-refractivity contribution in [2.24, 2.45) is 5.41 Å². The van der Waals surface area contributed by atoms with Crippen LogP contribution in [0.3, 0.4) is 0 Å². The zero-order chi connectivity index (χ0) is 25.4. The predicted molar refractivity (Wildman–Crippen MR) is 142 cm³/mol. The summed E-state index contributed by atoms with van der Waals surface area (Å²) in [5.74, 6) is -0.00281. The summed E-state index contributed by atoms with van der Waals surface area (Å²) in [7, 11) is 0. The van der Waals surface area contributed by atoms with Crippen LogP contribution in [0.25, 0.3) is 0 Å². The normalized spacial score (nSPS) is 21.5. The van der Waals surface area contributed by atoms with Crippen LogP contribution in [0.15, 0.2) is 59.8 Å². The lowest BCUT2D eigenvalue weighted by atomic mass is 9.74. The molecule has 6 nitrogen and oxygen atoms in total. The van der Waals surface area contributed by atoms with E-state index in [1.54, 1.807) is 12.1 Å². The van der Waals surface area contributed by atoms with E-state index in [0.717, 1.165) is 41.2 Å². The van der Waals surface area contributed by atoms with Gasteiger partial charge < -0.3 is 20.0 Å². The lowest BCUT2D eigenvalue weighted by Crippen LogP contribution is -2.53. The summed E-state index contributed by atoms with van der Waals surface area (Å²) in [6, 6.07) is 14.4. The van der Waals surface area contributed by atoms with Crippen molar-refractivity contribution >= 4 is 28.8 Å². The third-order valence-corrected chi connectivity index (χ3v) is 7.64. The van der Waals surface area contributed by atoms with Gasteiger partial charge in [0.1, 0.15) is 5.82 Å². The number of amides is 1. The third-order valence-electron chi connectivity index (χ3n) is 7.64. The first-order chi connectivity index (χ1) is 17.3. The monoisotopic (exact) mass is 490 g/mol. The number of anilines is 3. The van der Waals surface area contributed by atoms with Crippen LogP contribution in [0.2, 0.25) is 0 Å². The Labute approximate surface area is 212 Å². The molecule has 0 aromatic heterocycles. The largest absolute Gasteiger partial charge is 0.368 e. The number of nitrogens with zero attached hydrogens (tertiary/aromatic N) is 3. The number of allylic oxidation sites excluding steroid dienone is 1. The Kier molecular flexibility index (Phi) is 6.49. The van der Waals surface area contributed by atoms with E-state index in [-0.39, 0.29) is 35.5 Å². The molecular formula is C29H35FN4O2. The van der Waals surface area contributed by atoms with Crippen LogP contribution in [0.5, 0.6) is 0 Å². The molecular weight excluding hydrogens is 455 g/mol. The molecule has 2 heterocycles. The zero-order valence-electron chi connectivity index (χ0n) is 21.4. The summed E-state index contributed by atoms with van der Waals surface area (Å²) in [5.41, 5.74) is 4.62. The van der Waals surface area contributed by atoms with Crippen LogP contribution >= 0.6 is 0 Å². The molecule has 1 N–H and O–H groups in total. The topological polar surface area (TPSA) is 55.9 Å². The Hall–Kier alpha value is -3.35. The maximum absolute atomic E-state index is 13.6. The number of nitrogens with one attached hydrogen (secondary N) is 1. The Morgan fingerprint density at radius 3 is 2.42 bits per heavy atom. The SMILES string of the molecule is CCC1C2=C(CC(C)(C)CC2=O)Nc2ccccc2N1CC(=O)N1CCN(c2ccc(F)cc2)CC1. The molecule has 5 rings (SSSR count). The Bertz CT molecular complexity index is 1180. The maximum Gasteiger partial charge on any atom is 0.242 e. The van der Waals surface area contributed by atoms with Gasteiger partial charge in [-0.15, -0.1) is 0 Å². The number of hydrogen-bond acceptors (Lipinski definition) is 5. The number of ketones is 1. The van der Waals surface area contributed by atoms with Crippen LogP contribution in [-0.4, -0.2) is 55.4 Å². The lowest BCUT2D eigenvalue weighted by molar-refractivity contribution is -0.130. The van der Waals surface area contributed by atoms with Crippen molar-refractivity contribution in [2.75, 3.05) is 47.8 Å². The molecule has 2 aliphatic heterocycles. The van der Waals surface area contributed by atoms with E-state index in [2.05, 4.69) is 35.9 Å². The van der Waals surface area contributed by atoms with Crippen LogP contribution in [0.4, 0.5) is 21.5 Å². The van der Waals surface area contributed by atoms with Gasteiger partial charge >= 0.3 is 0 Å². The lowest BCUT2D eigenvalue weighted by Gasteiger charge is -2.40. The van der Waals surface area contributed by atoms with Crippen molar-refractivity contribution in [3.63, 3.8) is 0 Å². The van der Waals surface area contributed by atoms with E-state index in [9.17, 15) is 14.0 Å². The molecule has 1 fully saturated rings. The number of rotatable bonds is 4.